The number of carbonyl (C=O) groups is 1. The highest BCUT2D eigenvalue weighted by molar-refractivity contribution is 5.70. The zero-order valence-electron chi connectivity index (χ0n) is 38.5. The van der Waals surface area contributed by atoms with E-state index >= 15 is 0 Å². The molecule has 2 rings (SSSR count). The second-order valence-electron chi connectivity index (χ2n) is 18.4. The molecule has 0 aliphatic rings. The van der Waals surface area contributed by atoms with Crippen LogP contribution in [0.1, 0.15) is 247 Å². The van der Waals surface area contributed by atoms with E-state index in [1.807, 2.05) is 52.0 Å². The van der Waals surface area contributed by atoms with Crippen LogP contribution in [0.5, 0.6) is 11.5 Å². The molecule has 4 heteroatoms. The Morgan fingerprint density at radius 3 is 1.09 bits per heavy atom. The zero-order valence-corrected chi connectivity index (χ0v) is 38.5. The smallest absolute Gasteiger partial charge is 0.305 e. The Bertz CT molecular complexity index is 1240. The molecule has 0 aromatic heterocycles. The number of phenolic OH excluding ortho intramolecular Hbond substituents is 2. The Morgan fingerprint density at radius 1 is 0.509 bits per heavy atom. The lowest BCUT2D eigenvalue weighted by molar-refractivity contribution is -0.145. The molecule has 0 amide bonds. The van der Waals surface area contributed by atoms with Crippen LogP contribution in [0.15, 0.2) is 24.3 Å². The van der Waals surface area contributed by atoms with Crippen LogP contribution in [0.2, 0.25) is 0 Å². The highest BCUT2D eigenvalue weighted by Crippen LogP contribution is 2.41. The Kier molecular flexibility index (Phi) is 27.1. The van der Waals surface area contributed by atoms with Gasteiger partial charge < -0.3 is 14.9 Å². The van der Waals surface area contributed by atoms with Crippen LogP contribution < -0.4 is 0 Å². The van der Waals surface area contributed by atoms with Crippen molar-refractivity contribution < 1.29 is 19.7 Å². The summed E-state index contributed by atoms with van der Waals surface area (Å²) < 4.78 is 6.11. The van der Waals surface area contributed by atoms with E-state index in [2.05, 4.69) is 20.8 Å². The molecule has 4 nitrogen and oxygen atoms in total. The standard InChI is InChI=1S/C53H90O4/c1-8-10-12-14-16-18-20-22-23-25-27-29-31-33-35-47(34-32-30-28-26-24-21-19-17-15-13-11-9-2)42-57-50(54)36-37-53(7,48-38-43(3)51(55)44(4)39-48)49-40-45(5)52(56)46(6)41-49/h38-41,47,55-56H,8-37,42H2,1-7H3. The molecule has 1 unspecified atom stereocenters. The maximum absolute atomic E-state index is 13.5. The Morgan fingerprint density at radius 2 is 0.789 bits per heavy atom. The molecule has 2 aromatic rings. The first-order valence-corrected chi connectivity index (χ1v) is 24.3. The highest BCUT2D eigenvalue weighted by Gasteiger charge is 2.32. The number of ether oxygens (including phenoxy) is 1. The van der Waals surface area contributed by atoms with Gasteiger partial charge in [0.15, 0.2) is 0 Å². The molecule has 0 heterocycles. The number of phenols is 2. The summed E-state index contributed by atoms with van der Waals surface area (Å²) in [5, 5.41) is 21.1. The van der Waals surface area contributed by atoms with E-state index < -0.39 is 5.41 Å². The highest BCUT2D eigenvalue weighted by atomic mass is 16.5. The van der Waals surface area contributed by atoms with Crippen molar-refractivity contribution in [3.8, 4) is 11.5 Å². The van der Waals surface area contributed by atoms with E-state index in [9.17, 15) is 15.0 Å². The number of hydrogen-bond acceptors (Lipinski definition) is 4. The molecule has 0 fully saturated rings. The van der Waals surface area contributed by atoms with Gasteiger partial charge in [-0.25, -0.2) is 0 Å². The molecule has 0 bridgehead atoms. The van der Waals surface area contributed by atoms with Gasteiger partial charge in [0.2, 0.25) is 0 Å². The van der Waals surface area contributed by atoms with E-state index in [-0.39, 0.29) is 5.97 Å². The van der Waals surface area contributed by atoms with Gasteiger partial charge in [0.1, 0.15) is 11.5 Å². The Labute approximate surface area is 352 Å². The first-order chi connectivity index (χ1) is 27.5. The van der Waals surface area contributed by atoms with Crippen molar-refractivity contribution in [2.24, 2.45) is 5.92 Å². The van der Waals surface area contributed by atoms with Crippen LogP contribution in [0.3, 0.4) is 0 Å². The molecule has 326 valence electrons. The summed E-state index contributed by atoms with van der Waals surface area (Å²) in [6.07, 6.45) is 38.7. The van der Waals surface area contributed by atoms with Crippen molar-refractivity contribution in [2.75, 3.05) is 6.61 Å². The zero-order chi connectivity index (χ0) is 41.7. The van der Waals surface area contributed by atoms with Crippen LogP contribution >= 0.6 is 0 Å². The molecule has 0 radical (unpaired) electrons. The Hall–Kier alpha value is -2.49. The molecule has 1 atom stereocenters. The number of aryl methyl sites for hydroxylation is 4. The summed E-state index contributed by atoms with van der Waals surface area (Å²) in [6, 6.07) is 8.19. The van der Waals surface area contributed by atoms with Crippen molar-refractivity contribution in [2.45, 2.75) is 247 Å². The van der Waals surface area contributed by atoms with Gasteiger partial charge in [0.05, 0.1) is 6.61 Å². The van der Waals surface area contributed by atoms with E-state index in [4.69, 9.17) is 4.74 Å². The fourth-order valence-electron chi connectivity index (χ4n) is 8.85. The molecule has 0 aliphatic heterocycles. The summed E-state index contributed by atoms with van der Waals surface area (Å²) in [5.41, 5.74) is 4.95. The van der Waals surface area contributed by atoms with E-state index in [0.29, 0.717) is 36.9 Å². The second-order valence-corrected chi connectivity index (χ2v) is 18.4. The van der Waals surface area contributed by atoms with E-state index in [1.165, 1.54) is 167 Å². The SMILES string of the molecule is CCCCCCCCCCCCCCCCC(CCCCCCCCCCCCCC)COC(=O)CCC(C)(c1cc(C)c(O)c(C)c1)c1cc(C)c(O)c(C)c1. The van der Waals surface area contributed by atoms with Crippen LogP contribution in [0.25, 0.3) is 0 Å². The second kappa shape index (κ2) is 30.5. The van der Waals surface area contributed by atoms with Gasteiger partial charge >= 0.3 is 5.97 Å². The van der Waals surface area contributed by atoms with E-state index in [1.54, 1.807) is 0 Å². The molecule has 0 spiro atoms. The lowest BCUT2D eigenvalue weighted by atomic mass is 9.71. The number of hydrogen-bond donors (Lipinski definition) is 2. The molecule has 2 aromatic carbocycles. The van der Waals surface area contributed by atoms with Crippen molar-refractivity contribution in [3.05, 3.63) is 57.6 Å². The van der Waals surface area contributed by atoms with E-state index in [0.717, 1.165) is 46.2 Å². The summed E-state index contributed by atoms with van der Waals surface area (Å²) >= 11 is 0. The molecule has 0 saturated carbocycles. The van der Waals surface area contributed by atoms with Gasteiger partial charge in [0.25, 0.3) is 0 Å². The fourth-order valence-corrected chi connectivity index (χ4v) is 8.85. The van der Waals surface area contributed by atoms with Crippen LogP contribution in [-0.4, -0.2) is 22.8 Å². The maximum Gasteiger partial charge on any atom is 0.305 e. The predicted molar refractivity (Wildman–Crippen MR) is 246 cm³/mol. The quantitative estimate of drug-likeness (QED) is 0.0539. The third kappa shape index (κ3) is 20.9. The minimum absolute atomic E-state index is 0.124. The molecule has 2 N–H and O–H groups in total. The topological polar surface area (TPSA) is 66.8 Å². The summed E-state index contributed by atoms with van der Waals surface area (Å²) in [4.78, 5) is 13.5. The average molecular weight is 791 g/mol. The van der Waals surface area contributed by atoms with Crippen molar-refractivity contribution in [1.82, 2.24) is 0 Å². The van der Waals surface area contributed by atoms with Crippen molar-refractivity contribution in [1.29, 1.82) is 0 Å². The molecule has 0 aliphatic carbocycles. The largest absolute Gasteiger partial charge is 0.507 e. The number of rotatable bonds is 35. The lowest BCUT2D eigenvalue weighted by Gasteiger charge is -2.33. The van der Waals surface area contributed by atoms with Gasteiger partial charge in [-0.2, -0.15) is 0 Å². The third-order valence-corrected chi connectivity index (χ3v) is 13.0. The number of aromatic hydroxyl groups is 2. The van der Waals surface area contributed by atoms with Crippen LogP contribution in [0.4, 0.5) is 0 Å². The normalized spacial score (nSPS) is 12.3. The fraction of sp³-hybridized carbons (Fsp3) is 0.755. The Balaban J connectivity index is 1.89. The average Bonchev–Trinajstić information content (AvgIpc) is 3.19. The minimum Gasteiger partial charge on any atom is -0.507 e. The molecular weight excluding hydrogens is 701 g/mol. The van der Waals surface area contributed by atoms with Gasteiger partial charge in [-0.3, -0.25) is 4.79 Å². The molecular formula is C53H90O4. The number of benzene rings is 2. The molecule has 57 heavy (non-hydrogen) atoms. The van der Waals surface area contributed by atoms with Crippen LogP contribution in [0, 0.1) is 33.6 Å². The van der Waals surface area contributed by atoms with Gasteiger partial charge in [-0.15, -0.1) is 0 Å². The first kappa shape index (κ1) is 50.7. The van der Waals surface area contributed by atoms with Gasteiger partial charge in [0, 0.05) is 11.8 Å². The number of carbonyl (C=O) groups excluding carboxylic acids is 1. The number of esters is 1. The monoisotopic (exact) mass is 791 g/mol. The van der Waals surface area contributed by atoms with Gasteiger partial charge in [-0.05, 0) is 86.3 Å². The summed E-state index contributed by atoms with van der Waals surface area (Å²) in [7, 11) is 0. The van der Waals surface area contributed by atoms with Crippen molar-refractivity contribution in [3.63, 3.8) is 0 Å². The minimum atomic E-state index is -0.492. The maximum atomic E-state index is 13.5. The first-order valence-electron chi connectivity index (χ1n) is 24.3. The summed E-state index contributed by atoms with van der Waals surface area (Å²) in [6.45, 7) is 15.0. The lowest BCUT2D eigenvalue weighted by Crippen LogP contribution is -2.26. The van der Waals surface area contributed by atoms with Crippen LogP contribution in [-0.2, 0) is 14.9 Å². The van der Waals surface area contributed by atoms with Gasteiger partial charge in [-0.1, -0.05) is 212 Å². The predicted octanol–water partition coefficient (Wildman–Crippen LogP) is 16.5. The third-order valence-electron chi connectivity index (χ3n) is 13.0. The van der Waals surface area contributed by atoms with Crippen molar-refractivity contribution >= 4 is 5.97 Å². The molecule has 0 saturated heterocycles. The summed E-state index contributed by atoms with van der Waals surface area (Å²) in [5.74, 6) is 0.945. The number of unbranched alkanes of at least 4 members (excludes halogenated alkanes) is 24.